The van der Waals surface area contributed by atoms with E-state index in [-0.39, 0.29) is 17.8 Å². The molecule has 2 N–H and O–H groups in total. The summed E-state index contributed by atoms with van der Waals surface area (Å²) in [5.74, 6) is 1.11. The van der Waals surface area contributed by atoms with Crippen molar-refractivity contribution < 1.29 is 5.11 Å². The summed E-state index contributed by atoms with van der Waals surface area (Å²) >= 11 is 5.81. The van der Waals surface area contributed by atoms with Crippen LogP contribution in [-0.2, 0) is 0 Å². The molecule has 0 radical (unpaired) electrons. The van der Waals surface area contributed by atoms with Crippen molar-refractivity contribution in [3.8, 4) is 11.6 Å². The highest BCUT2D eigenvalue weighted by Gasteiger charge is 2.42. The number of phenolic OH excluding ortho intramolecular Hbond substituents is 1. The van der Waals surface area contributed by atoms with Crippen molar-refractivity contribution in [1.29, 1.82) is 0 Å². The molecule has 0 spiro atoms. The van der Waals surface area contributed by atoms with Gasteiger partial charge in [-0.2, -0.15) is 0 Å². The molecule has 1 fully saturated rings. The smallest absolute Gasteiger partial charge is 0.174 e. The van der Waals surface area contributed by atoms with Gasteiger partial charge in [0.15, 0.2) is 5.11 Å². The molecule has 33 heavy (non-hydrogen) atoms. The summed E-state index contributed by atoms with van der Waals surface area (Å²) in [5, 5.41) is 13.9. The van der Waals surface area contributed by atoms with Crippen LogP contribution in [0.1, 0.15) is 40.3 Å². The summed E-state index contributed by atoms with van der Waals surface area (Å²) in [6.45, 7) is 6.25. The van der Waals surface area contributed by atoms with Crippen LogP contribution in [0.3, 0.4) is 0 Å². The fourth-order valence-electron chi connectivity index (χ4n) is 4.59. The van der Waals surface area contributed by atoms with Crippen LogP contribution in [0.4, 0.5) is 5.69 Å². The van der Waals surface area contributed by atoms with Crippen molar-refractivity contribution in [1.82, 2.24) is 19.9 Å². The molecule has 7 heteroatoms. The molecule has 2 atom stereocenters. The van der Waals surface area contributed by atoms with Crippen LogP contribution in [0.5, 0.6) is 5.75 Å². The predicted octanol–water partition coefficient (Wildman–Crippen LogP) is 5.08. The number of rotatable bonds is 4. The molecule has 3 aromatic heterocycles. The molecule has 5 rings (SSSR count). The Kier molecular flexibility index (Phi) is 5.34. The topological polar surface area (TPSA) is 66.2 Å². The van der Waals surface area contributed by atoms with Crippen molar-refractivity contribution >= 4 is 23.0 Å². The van der Waals surface area contributed by atoms with Gasteiger partial charge in [-0.05, 0) is 92.6 Å². The second-order valence-electron chi connectivity index (χ2n) is 8.37. The first-order chi connectivity index (χ1) is 15.9. The maximum absolute atomic E-state index is 9.82. The molecule has 0 amide bonds. The second-order valence-corrected chi connectivity index (χ2v) is 8.76. The third kappa shape index (κ3) is 3.74. The van der Waals surface area contributed by atoms with Crippen molar-refractivity contribution in [2.24, 2.45) is 0 Å². The normalized spacial score (nSPS) is 17.9. The summed E-state index contributed by atoms with van der Waals surface area (Å²) in [7, 11) is 0. The number of phenols is 1. The number of nitrogens with zero attached hydrogens (tertiary/aromatic N) is 4. The Hall–Kier alpha value is -3.71. The lowest BCUT2D eigenvalue weighted by Crippen LogP contribution is -2.29. The van der Waals surface area contributed by atoms with E-state index < -0.39 is 0 Å². The molecule has 0 aliphatic carbocycles. The van der Waals surface area contributed by atoms with E-state index in [2.05, 4.69) is 50.7 Å². The van der Waals surface area contributed by atoms with E-state index in [1.807, 2.05) is 49.5 Å². The zero-order valence-corrected chi connectivity index (χ0v) is 19.5. The fraction of sp³-hybridized carbons (Fsp3) is 0.192. The SMILES string of the molecule is Cc1ccc(-n2c(C)cc([C@@H]3[C@H](c4ccccn4)NC(=S)N3c3ccc(O)cc3)c2C)nc1. The third-order valence-electron chi connectivity index (χ3n) is 6.14. The van der Waals surface area contributed by atoms with Crippen LogP contribution >= 0.6 is 12.2 Å². The van der Waals surface area contributed by atoms with Gasteiger partial charge < -0.3 is 19.9 Å². The van der Waals surface area contributed by atoms with Gasteiger partial charge in [-0.25, -0.2) is 4.98 Å². The molecular weight excluding hydrogens is 430 g/mol. The predicted molar refractivity (Wildman–Crippen MR) is 134 cm³/mol. The van der Waals surface area contributed by atoms with Crippen molar-refractivity contribution in [3.05, 3.63) is 101 Å². The Balaban J connectivity index is 1.67. The quantitative estimate of drug-likeness (QED) is 0.419. The fourth-order valence-corrected chi connectivity index (χ4v) is 4.94. The average Bonchev–Trinajstić information content (AvgIpc) is 3.31. The minimum atomic E-state index is -0.132. The molecule has 0 bridgehead atoms. The molecule has 1 aliphatic rings. The number of thiocarbonyl (C=S) groups is 1. The van der Waals surface area contributed by atoms with Crippen LogP contribution in [0, 0.1) is 20.8 Å². The summed E-state index contributed by atoms with van der Waals surface area (Å²) in [6.07, 6.45) is 3.69. The van der Waals surface area contributed by atoms with E-state index in [4.69, 9.17) is 12.2 Å². The first-order valence-electron chi connectivity index (χ1n) is 10.9. The average molecular weight is 456 g/mol. The van der Waals surface area contributed by atoms with Crippen molar-refractivity contribution in [2.45, 2.75) is 32.9 Å². The standard InChI is InChI=1S/C26H25N5OS/c1-16-7-12-23(28-15-16)30-17(2)14-21(18(30)3)25-24(22-6-4-5-13-27-22)29-26(33)31(25)19-8-10-20(32)11-9-19/h4-15,24-25,32H,1-3H3,(H,29,33)/t24-,25+/m0/s1. The highest BCUT2D eigenvalue weighted by Crippen LogP contribution is 2.43. The first kappa shape index (κ1) is 21.2. The van der Waals surface area contributed by atoms with Gasteiger partial charge in [0.2, 0.25) is 0 Å². The number of hydrogen-bond acceptors (Lipinski definition) is 4. The molecule has 6 nitrogen and oxygen atoms in total. The lowest BCUT2D eigenvalue weighted by molar-refractivity contribution is 0.475. The maximum atomic E-state index is 9.82. The number of aromatic hydroxyl groups is 1. The van der Waals surface area contributed by atoms with E-state index in [0.29, 0.717) is 5.11 Å². The minimum Gasteiger partial charge on any atom is -0.508 e. The zero-order valence-electron chi connectivity index (χ0n) is 18.7. The van der Waals surface area contributed by atoms with Gasteiger partial charge in [0.05, 0.1) is 17.8 Å². The number of nitrogens with one attached hydrogen (secondary N) is 1. The summed E-state index contributed by atoms with van der Waals surface area (Å²) in [5.41, 5.74) is 6.30. The van der Waals surface area contributed by atoms with Gasteiger partial charge in [0.1, 0.15) is 11.6 Å². The molecule has 1 aliphatic heterocycles. The number of benzene rings is 1. The highest BCUT2D eigenvalue weighted by molar-refractivity contribution is 7.80. The van der Waals surface area contributed by atoms with Crippen LogP contribution in [0.25, 0.3) is 5.82 Å². The first-order valence-corrected chi connectivity index (χ1v) is 11.3. The van der Waals surface area contributed by atoms with E-state index >= 15 is 0 Å². The zero-order chi connectivity index (χ0) is 23.1. The van der Waals surface area contributed by atoms with Gasteiger partial charge in [-0.1, -0.05) is 12.1 Å². The Morgan fingerprint density at radius 1 is 0.970 bits per heavy atom. The number of hydrogen-bond donors (Lipinski definition) is 2. The van der Waals surface area contributed by atoms with E-state index in [1.54, 1.807) is 18.3 Å². The van der Waals surface area contributed by atoms with Gasteiger partial charge >= 0.3 is 0 Å². The van der Waals surface area contributed by atoms with Crippen molar-refractivity contribution in [2.75, 3.05) is 4.90 Å². The number of aromatic nitrogens is 3. The van der Waals surface area contributed by atoms with Gasteiger partial charge in [0, 0.05) is 29.5 Å². The highest BCUT2D eigenvalue weighted by atomic mass is 32.1. The van der Waals surface area contributed by atoms with Crippen LogP contribution in [0.2, 0.25) is 0 Å². The Labute approximate surface area is 198 Å². The van der Waals surface area contributed by atoms with E-state index in [1.165, 1.54) is 0 Å². The Bertz CT molecular complexity index is 1300. The summed E-state index contributed by atoms with van der Waals surface area (Å²) < 4.78 is 2.18. The summed E-state index contributed by atoms with van der Waals surface area (Å²) in [6, 6.07) is 19.1. The van der Waals surface area contributed by atoms with E-state index in [0.717, 1.165) is 39.7 Å². The number of anilines is 1. The lowest BCUT2D eigenvalue weighted by Gasteiger charge is -2.28. The Morgan fingerprint density at radius 3 is 2.42 bits per heavy atom. The molecule has 1 aromatic carbocycles. The summed E-state index contributed by atoms with van der Waals surface area (Å²) in [4.78, 5) is 11.4. The minimum absolute atomic E-state index is 0.123. The molecule has 166 valence electrons. The maximum Gasteiger partial charge on any atom is 0.174 e. The monoisotopic (exact) mass is 455 g/mol. The third-order valence-corrected chi connectivity index (χ3v) is 6.45. The van der Waals surface area contributed by atoms with Gasteiger partial charge in [-0.15, -0.1) is 0 Å². The number of pyridine rings is 2. The van der Waals surface area contributed by atoms with Crippen molar-refractivity contribution in [3.63, 3.8) is 0 Å². The van der Waals surface area contributed by atoms with Gasteiger partial charge in [-0.3, -0.25) is 4.98 Å². The van der Waals surface area contributed by atoms with E-state index in [9.17, 15) is 5.11 Å². The molecule has 1 saturated heterocycles. The van der Waals surface area contributed by atoms with Crippen LogP contribution in [-0.4, -0.2) is 24.8 Å². The largest absolute Gasteiger partial charge is 0.508 e. The van der Waals surface area contributed by atoms with Crippen LogP contribution in [0.15, 0.2) is 73.1 Å². The van der Waals surface area contributed by atoms with Gasteiger partial charge in [0.25, 0.3) is 0 Å². The van der Waals surface area contributed by atoms with Crippen LogP contribution < -0.4 is 10.2 Å². The molecule has 0 saturated carbocycles. The second kappa shape index (κ2) is 8.33. The molecular formula is C26H25N5OS. The lowest BCUT2D eigenvalue weighted by atomic mass is 9.96. The molecule has 0 unspecified atom stereocenters. The molecule has 4 heterocycles. The number of aryl methyl sites for hydroxylation is 2. The Morgan fingerprint density at radius 2 is 1.76 bits per heavy atom. The molecule has 4 aromatic rings.